The first kappa shape index (κ1) is 42.6. The average molecular weight is 623 g/mol. The Morgan fingerprint density at radius 2 is 0.841 bits per heavy atom. The zero-order chi connectivity index (χ0) is 32.2. The number of ether oxygens (including phenoxy) is 2. The third-order valence-corrected chi connectivity index (χ3v) is 8.56. The summed E-state index contributed by atoms with van der Waals surface area (Å²) in [6, 6.07) is 0. The lowest BCUT2D eigenvalue weighted by Crippen LogP contribution is -2.28. The van der Waals surface area contributed by atoms with Gasteiger partial charge in [-0.3, -0.25) is 9.59 Å². The number of esters is 2. The van der Waals surface area contributed by atoms with Crippen LogP contribution in [0.3, 0.4) is 0 Å². The lowest BCUT2D eigenvalue weighted by Gasteiger charge is -2.15. The second-order valence-electron chi connectivity index (χ2n) is 13.0. The number of carbonyl (C=O) groups excluding carboxylic acids is 2. The molecule has 0 rings (SSSR count). The number of hydrogen-bond acceptors (Lipinski definition) is 5. The highest BCUT2D eigenvalue weighted by Gasteiger charge is 2.16. The van der Waals surface area contributed by atoms with Crippen molar-refractivity contribution in [3.63, 3.8) is 0 Å². The van der Waals surface area contributed by atoms with Crippen LogP contribution < -0.4 is 0 Å². The number of hydrogen-bond donors (Lipinski definition) is 1. The summed E-state index contributed by atoms with van der Waals surface area (Å²) in [5.74, 6) is -0.592. The molecule has 0 spiro atoms. The topological polar surface area (TPSA) is 72.8 Å². The molecular formula is C39H74O5. The zero-order valence-corrected chi connectivity index (χ0v) is 29.4. The standard InChI is InChI=1S/C39H74O5/c1-3-5-7-9-11-13-15-17-18-19-20-22-24-26-28-30-32-34-39(42)44-37(35-40)36-43-38(41)33-31-29-27-25-23-21-16-14-12-10-8-6-4-2/h14,16,37,40H,3-13,15,17-36H2,1-2H3. The molecule has 5 heteroatoms. The minimum Gasteiger partial charge on any atom is -0.462 e. The zero-order valence-electron chi connectivity index (χ0n) is 29.4. The molecule has 0 saturated carbocycles. The van der Waals surface area contributed by atoms with Crippen molar-refractivity contribution >= 4 is 11.9 Å². The summed E-state index contributed by atoms with van der Waals surface area (Å²) in [4.78, 5) is 24.2. The fourth-order valence-corrected chi connectivity index (χ4v) is 5.61. The van der Waals surface area contributed by atoms with Crippen LogP contribution in [0, 0.1) is 0 Å². The molecule has 0 aliphatic carbocycles. The van der Waals surface area contributed by atoms with Gasteiger partial charge in [-0.2, -0.15) is 0 Å². The van der Waals surface area contributed by atoms with Crippen LogP contribution in [0.15, 0.2) is 12.2 Å². The first-order chi connectivity index (χ1) is 21.6. The van der Waals surface area contributed by atoms with Crippen LogP contribution in [0.5, 0.6) is 0 Å². The molecule has 1 N–H and O–H groups in total. The number of aliphatic hydroxyl groups excluding tert-OH is 1. The summed E-state index contributed by atoms with van der Waals surface area (Å²) in [6.07, 6.45) is 39.8. The van der Waals surface area contributed by atoms with Gasteiger partial charge in [-0.25, -0.2) is 0 Å². The van der Waals surface area contributed by atoms with Crippen molar-refractivity contribution in [1.82, 2.24) is 0 Å². The van der Waals surface area contributed by atoms with E-state index < -0.39 is 6.10 Å². The molecule has 0 aromatic heterocycles. The Labute approximate surface area is 273 Å². The third-order valence-electron chi connectivity index (χ3n) is 8.56. The average Bonchev–Trinajstić information content (AvgIpc) is 3.02. The van der Waals surface area contributed by atoms with Gasteiger partial charge in [0.25, 0.3) is 0 Å². The van der Waals surface area contributed by atoms with Crippen molar-refractivity contribution in [2.75, 3.05) is 13.2 Å². The van der Waals surface area contributed by atoms with Crippen molar-refractivity contribution in [1.29, 1.82) is 0 Å². The smallest absolute Gasteiger partial charge is 0.306 e. The van der Waals surface area contributed by atoms with E-state index in [4.69, 9.17) is 9.47 Å². The second kappa shape index (κ2) is 36.1. The molecule has 0 heterocycles. The van der Waals surface area contributed by atoms with Crippen LogP contribution in [-0.2, 0) is 19.1 Å². The van der Waals surface area contributed by atoms with Gasteiger partial charge in [-0.1, -0.05) is 167 Å². The summed E-state index contributed by atoms with van der Waals surface area (Å²) in [7, 11) is 0. The van der Waals surface area contributed by atoms with Crippen LogP contribution in [0.2, 0.25) is 0 Å². The number of allylic oxidation sites excluding steroid dienone is 2. The van der Waals surface area contributed by atoms with Crippen molar-refractivity contribution in [3.05, 3.63) is 12.2 Å². The Kier molecular flexibility index (Phi) is 35.0. The molecule has 0 aliphatic rings. The number of rotatable bonds is 35. The van der Waals surface area contributed by atoms with Crippen LogP contribution in [-0.4, -0.2) is 36.4 Å². The molecule has 44 heavy (non-hydrogen) atoms. The molecule has 0 aromatic carbocycles. The highest BCUT2D eigenvalue weighted by Crippen LogP contribution is 2.15. The van der Waals surface area contributed by atoms with E-state index in [1.54, 1.807) is 0 Å². The summed E-state index contributed by atoms with van der Waals surface area (Å²) in [6.45, 7) is 4.13. The maximum Gasteiger partial charge on any atom is 0.306 e. The van der Waals surface area contributed by atoms with Crippen molar-refractivity contribution < 1.29 is 24.2 Å². The summed E-state index contributed by atoms with van der Waals surface area (Å²) in [5, 5.41) is 9.53. The van der Waals surface area contributed by atoms with Crippen molar-refractivity contribution in [2.24, 2.45) is 0 Å². The number of carbonyl (C=O) groups is 2. The monoisotopic (exact) mass is 623 g/mol. The molecular weight excluding hydrogens is 548 g/mol. The van der Waals surface area contributed by atoms with Gasteiger partial charge in [0.05, 0.1) is 6.61 Å². The van der Waals surface area contributed by atoms with Gasteiger partial charge in [0.2, 0.25) is 0 Å². The van der Waals surface area contributed by atoms with E-state index in [1.165, 1.54) is 135 Å². The maximum atomic E-state index is 12.1. The van der Waals surface area contributed by atoms with E-state index in [-0.39, 0.29) is 25.2 Å². The lowest BCUT2D eigenvalue weighted by molar-refractivity contribution is -0.161. The van der Waals surface area contributed by atoms with Gasteiger partial charge in [0, 0.05) is 12.8 Å². The Hall–Kier alpha value is -1.36. The molecule has 260 valence electrons. The molecule has 0 fully saturated rings. The number of aliphatic hydroxyl groups is 1. The lowest BCUT2D eigenvalue weighted by atomic mass is 10.0. The third kappa shape index (κ3) is 33.5. The fourth-order valence-electron chi connectivity index (χ4n) is 5.61. The summed E-state index contributed by atoms with van der Waals surface area (Å²) in [5.41, 5.74) is 0. The van der Waals surface area contributed by atoms with E-state index in [0.29, 0.717) is 12.8 Å². The predicted molar refractivity (Wildman–Crippen MR) is 187 cm³/mol. The summed E-state index contributed by atoms with van der Waals surface area (Å²) >= 11 is 0. The molecule has 0 radical (unpaired) electrons. The minimum absolute atomic E-state index is 0.0646. The molecule has 1 atom stereocenters. The van der Waals surface area contributed by atoms with Gasteiger partial charge in [0.1, 0.15) is 6.61 Å². The number of unbranched alkanes of at least 4 members (excludes halogenated alkanes) is 25. The highest BCUT2D eigenvalue weighted by molar-refractivity contribution is 5.70. The molecule has 5 nitrogen and oxygen atoms in total. The van der Waals surface area contributed by atoms with Gasteiger partial charge < -0.3 is 14.6 Å². The molecule has 0 aromatic rings. The van der Waals surface area contributed by atoms with Crippen molar-refractivity contribution in [2.45, 2.75) is 213 Å². The molecule has 0 aliphatic heterocycles. The Morgan fingerprint density at radius 1 is 0.500 bits per heavy atom. The van der Waals surface area contributed by atoms with Crippen LogP contribution >= 0.6 is 0 Å². The van der Waals surface area contributed by atoms with Crippen LogP contribution in [0.1, 0.15) is 206 Å². The minimum atomic E-state index is -0.767. The van der Waals surface area contributed by atoms with Gasteiger partial charge in [0.15, 0.2) is 6.10 Å². The van der Waals surface area contributed by atoms with Crippen LogP contribution in [0.4, 0.5) is 0 Å². The first-order valence-corrected chi connectivity index (χ1v) is 19.2. The van der Waals surface area contributed by atoms with Gasteiger partial charge in [-0.15, -0.1) is 0 Å². The van der Waals surface area contributed by atoms with Gasteiger partial charge >= 0.3 is 11.9 Å². The maximum absolute atomic E-state index is 12.1. The van der Waals surface area contributed by atoms with Crippen molar-refractivity contribution in [3.8, 4) is 0 Å². The van der Waals surface area contributed by atoms with E-state index >= 15 is 0 Å². The predicted octanol–water partition coefficient (Wildman–Crippen LogP) is 11.7. The highest BCUT2D eigenvalue weighted by atomic mass is 16.6. The van der Waals surface area contributed by atoms with E-state index in [1.807, 2.05) is 0 Å². The van der Waals surface area contributed by atoms with E-state index in [2.05, 4.69) is 26.0 Å². The second-order valence-corrected chi connectivity index (χ2v) is 13.0. The fraction of sp³-hybridized carbons (Fsp3) is 0.897. The normalized spacial score (nSPS) is 12.2. The Morgan fingerprint density at radius 3 is 1.25 bits per heavy atom. The molecule has 1 unspecified atom stereocenters. The van der Waals surface area contributed by atoms with E-state index in [0.717, 1.165) is 44.9 Å². The first-order valence-electron chi connectivity index (χ1n) is 19.2. The molecule has 0 saturated heterocycles. The quantitative estimate of drug-likeness (QED) is 0.0432. The molecule has 0 amide bonds. The van der Waals surface area contributed by atoms with Gasteiger partial charge in [-0.05, 0) is 38.5 Å². The Balaban J connectivity index is 3.52. The molecule has 0 bridgehead atoms. The van der Waals surface area contributed by atoms with E-state index in [9.17, 15) is 14.7 Å². The van der Waals surface area contributed by atoms with Crippen LogP contribution in [0.25, 0.3) is 0 Å². The summed E-state index contributed by atoms with van der Waals surface area (Å²) < 4.78 is 10.6. The largest absolute Gasteiger partial charge is 0.462 e. The SMILES string of the molecule is CCCCCCC=CCCCCCCCC(=O)OCC(CO)OC(=O)CCCCCCCCCCCCCCCCCCC. The Bertz CT molecular complexity index is 632.